The van der Waals surface area contributed by atoms with Gasteiger partial charge in [0.05, 0.1) is 4.92 Å². The van der Waals surface area contributed by atoms with Crippen LogP contribution in [0.25, 0.3) is 6.08 Å². The van der Waals surface area contributed by atoms with Crippen LogP contribution in [0.2, 0.25) is 0 Å². The Morgan fingerprint density at radius 2 is 1.97 bits per heavy atom. The van der Waals surface area contributed by atoms with E-state index in [0.717, 1.165) is 31.1 Å². The van der Waals surface area contributed by atoms with Crippen molar-refractivity contribution in [3.8, 4) is 17.6 Å². The molecule has 0 saturated heterocycles. The summed E-state index contributed by atoms with van der Waals surface area (Å²) in [6.07, 6.45) is 2.29. The maximum Gasteiger partial charge on any atom is 0.514 e. The van der Waals surface area contributed by atoms with Gasteiger partial charge in [0.1, 0.15) is 17.7 Å². The van der Waals surface area contributed by atoms with E-state index in [1.165, 1.54) is 4.90 Å². The first-order valence-electron chi connectivity index (χ1n) is 10.9. The fourth-order valence-electron chi connectivity index (χ4n) is 3.79. The predicted molar refractivity (Wildman–Crippen MR) is 119 cm³/mol. The number of benzene rings is 1. The van der Waals surface area contributed by atoms with Crippen molar-refractivity contribution < 1.29 is 29.1 Å². The number of phenols is 1. The van der Waals surface area contributed by atoms with Crippen molar-refractivity contribution >= 4 is 23.8 Å². The van der Waals surface area contributed by atoms with Crippen LogP contribution in [0.4, 0.5) is 10.5 Å². The molecule has 10 heteroatoms. The molecule has 1 aromatic rings. The van der Waals surface area contributed by atoms with Crippen LogP contribution in [0.1, 0.15) is 52.5 Å². The number of nitro benzene ring substituents is 1. The summed E-state index contributed by atoms with van der Waals surface area (Å²) in [5.74, 6) is -1.37. The van der Waals surface area contributed by atoms with Crippen molar-refractivity contribution in [1.29, 1.82) is 5.26 Å². The minimum absolute atomic E-state index is 0.0408. The molecular weight excluding hydrogens is 430 g/mol. The molecule has 0 aliphatic heterocycles. The molecule has 10 nitrogen and oxygen atoms in total. The third kappa shape index (κ3) is 6.44. The maximum atomic E-state index is 12.5. The SMILES string of the molecule is CCN(CC)C(=O)/C(C#N)=C/c1cc(OC(=O)OC2CC(C)CCC2C)c(O)c([N+](=O)[O-])c1. The number of carbonyl (C=O) groups excluding carboxylic acids is 2. The van der Waals surface area contributed by atoms with Crippen molar-refractivity contribution in [1.82, 2.24) is 4.90 Å². The molecule has 0 aromatic heterocycles. The van der Waals surface area contributed by atoms with Crippen LogP contribution in [-0.2, 0) is 9.53 Å². The van der Waals surface area contributed by atoms with Crippen LogP contribution in [0, 0.1) is 33.3 Å². The molecule has 1 aromatic carbocycles. The van der Waals surface area contributed by atoms with Crippen molar-refractivity contribution in [3.05, 3.63) is 33.4 Å². The highest BCUT2D eigenvalue weighted by molar-refractivity contribution is 6.01. The van der Waals surface area contributed by atoms with Crippen LogP contribution in [-0.4, -0.2) is 46.2 Å². The summed E-state index contributed by atoms with van der Waals surface area (Å²) in [6, 6.07) is 3.92. The van der Waals surface area contributed by atoms with Crippen molar-refractivity contribution in [2.45, 2.75) is 53.1 Å². The number of likely N-dealkylation sites (N-methyl/N-ethyl adjacent to an activating group) is 1. The van der Waals surface area contributed by atoms with E-state index in [1.54, 1.807) is 19.9 Å². The Labute approximate surface area is 192 Å². The fourth-order valence-corrected chi connectivity index (χ4v) is 3.79. The molecule has 33 heavy (non-hydrogen) atoms. The Balaban J connectivity index is 2.35. The summed E-state index contributed by atoms with van der Waals surface area (Å²) < 4.78 is 10.5. The van der Waals surface area contributed by atoms with Crippen LogP contribution in [0.3, 0.4) is 0 Å². The summed E-state index contributed by atoms with van der Waals surface area (Å²) in [5, 5.41) is 31.1. The Morgan fingerprint density at radius 3 is 2.55 bits per heavy atom. The van der Waals surface area contributed by atoms with Crippen LogP contribution in [0.15, 0.2) is 17.7 Å². The number of amides is 1. The predicted octanol–water partition coefficient (Wildman–Crippen LogP) is 4.42. The zero-order valence-electron chi connectivity index (χ0n) is 19.2. The second kappa shape index (κ2) is 11.3. The summed E-state index contributed by atoms with van der Waals surface area (Å²) in [6.45, 7) is 8.30. The molecule has 2 rings (SSSR count). The maximum absolute atomic E-state index is 12.5. The van der Waals surface area contributed by atoms with Gasteiger partial charge in [-0.2, -0.15) is 5.26 Å². The quantitative estimate of drug-likeness (QED) is 0.158. The number of nitro groups is 1. The van der Waals surface area contributed by atoms with E-state index in [1.807, 2.05) is 6.92 Å². The lowest BCUT2D eigenvalue weighted by Gasteiger charge is -2.31. The smallest absolute Gasteiger partial charge is 0.499 e. The molecule has 1 aliphatic carbocycles. The molecule has 1 saturated carbocycles. The fraction of sp³-hybridized carbons (Fsp3) is 0.522. The zero-order chi connectivity index (χ0) is 24.7. The van der Waals surface area contributed by atoms with Crippen molar-refractivity contribution in [2.24, 2.45) is 11.8 Å². The Hall–Kier alpha value is -3.61. The molecule has 3 unspecified atom stereocenters. The van der Waals surface area contributed by atoms with Gasteiger partial charge in [-0.3, -0.25) is 14.9 Å². The molecule has 1 N–H and O–H groups in total. The average molecular weight is 459 g/mol. The van der Waals surface area contributed by atoms with Gasteiger partial charge in [0.25, 0.3) is 5.91 Å². The number of carbonyl (C=O) groups is 2. The first-order valence-corrected chi connectivity index (χ1v) is 10.9. The van der Waals surface area contributed by atoms with Crippen molar-refractivity contribution in [3.63, 3.8) is 0 Å². The average Bonchev–Trinajstić information content (AvgIpc) is 2.77. The minimum atomic E-state index is -1.09. The lowest BCUT2D eigenvalue weighted by atomic mass is 9.82. The largest absolute Gasteiger partial charge is 0.514 e. The second-order valence-corrected chi connectivity index (χ2v) is 8.20. The zero-order valence-corrected chi connectivity index (χ0v) is 19.2. The van der Waals surface area contributed by atoms with E-state index in [2.05, 4.69) is 6.92 Å². The molecule has 0 radical (unpaired) electrons. The lowest BCUT2D eigenvalue weighted by Crippen LogP contribution is -2.32. The van der Waals surface area contributed by atoms with Gasteiger partial charge in [-0.25, -0.2) is 4.79 Å². The van der Waals surface area contributed by atoms with E-state index in [4.69, 9.17) is 9.47 Å². The van der Waals surface area contributed by atoms with Gasteiger partial charge in [-0.15, -0.1) is 0 Å². The first kappa shape index (κ1) is 25.6. The third-order valence-electron chi connectivity index (χ3n) is 5.81. The first-order chi connectivity index (χ1) is 15.6. The molecule has 1 aliphatic rings. The second-order valence-electron chi connectivity index (χ2n) is 8.20. The van der Waals surface area contributed by atoms with Gasteiger partial charge < -0.3 is 19.5 Å². The molecule has 1 amide bonds. The number of rotatable bonds is 7. The highest BCUT2D eigenvalue weighted by Crippen LogP contribution is 2.38. The third-order valence-corrected chi connectivity index (χ3v) is 5.81. The summed E-state index contributed by atoms with van der Waals surface area (Å²) in [4.78, 5) is 36.9. The van der Waals surface area contributed by atoms with Crippen LogP contribution in [0.5, 0.6) is 11.5 Å². The highest BCUT2D eigenvalue weighted by Gasteiger charge is 2.30. The van der Waals surface area contributed by atoms with Gasteiger partial charge in [0.15, 0.2) is 5.75 Å². The molecule has 178 valence electrons. The van der Waals surface area contributed by atoms with Crippen LogP contribution >= 0.6 is 0 Å². The number of nitriles is 1. The Bertz CT molecular complexity index is 979. The van der Waals surface area contributed by atoms with E-state index in [0.29, 0.717) is 25.4 Å². The van der Waals surface area contributed by atoms with Gasteiger partial charge in [-0.05, 0) is 56.2 Å². The number of phenolic OH excluding ortho intramolecular Hbond substituents is 1. The number of aromatic hydroxyl groups is 1. The van der Waals surface area contributed by atoms with Gasteiger partial charge in [0, 0.05) is 19.2 Å². The number of nitrogens with zero attached hydrogens (tertiary/aromatic N) is 3. The molecule has 0 spiro atoms. The Morgan fingerprint density at radius 1 is 1.30 bits per heavy atom. The van der Waals surface area contributed by atoms with Gasteiger partial charge in [-0.1, -0.05) is 20.3 Å². The van der Waals surface area contributed by atoms with Crippen molar-refractivity contribution in [2.75, 3.05) is 13.1 Å². The lowest BCUT2D eigenvalue weighted by molar-refractivity contribution is -0.385. The molecule has 0 bridgehead atoms. The summed E-state index contributed by atoms with van der Waals surface area (Å²) >= 11 is 0. The number of hydrogen-bond donors (Lipinski definition) is 1. The highest BCUT2D eigenvalue weighted by atomic mass is 16.7. The van der Waals surface area contributed by atoms with Gasteiger partial charge >= 0.3 is 11.8 Å². The van der Waals surface area contributed by atoms with Crippen LogP contribution < -0.4 is 4.74 Å². The summed E-state index contributed by atoms with van der Waals surface area (Å²) in [5.41, 5.74) is -0.949. The normalized spacial score (nSPS) is 20.5. The standard InChI is InChI=1S/C23H29N3O7/c1-5-25(6-2)22(28)17(13-24)10-16-11-18(26(30)31)21(27)20(12-16)33-23(29)32-19-9-14(3)7-8-15(19)4/h10-12,14-15,19,27H,5-9H2,1-4H3/b17-10+. The van der Waals surface area contributed by atoms with E-state index in [9.17, 15) is 30.1 Å². The monoisotopic (exact) mass is 459 g/mol. The van der Waals surface area contributed by atoms with E-state index in [-0.39, 0.29) is 23.2 Å². The molecular formula is C23H29N3O7. The molecule has 0 heterocycles. The molecule has 3 atom stereocenters. The number of hydrogen-bond acceptors (Lipinski definition) is 8. The molecule has 1 fully saturated rings. The topological polar surface area (TPSA) is 143 Å². The van der Waals surface area contributed by atoms with E-state index >= 15 is 0 Å². The minimum Gasteiger partial charge on any atom is -0.499 e. The van der Waals surface area contributed by atoms with E-state index < -0.39 is 34.2 Å². The summed E-state index contributed by atoms with van der Waals surface area (Å²) in [7, 11) is 0. The number of ether oxygens (including phenoxy) is 2. The van der Waals surface area contributed by atoms with Gasteiger partial charge in [0.2, 0.25) is 5.75 Å². The Kier molecular flexibility index (Phi) is 8.79.